The first-order valence-electron chi connectivity index (χ1n) is 4.86. The zero-order chi connectivity index (χ0) is 11.3. The molecule has 4 heteroatoms. The molecule has 0 heterocycles. The quantitative estimate of drug-likeness (QED) is 0.759. The lowest BCUT2D eigenvalue weighted by atomic mass is 10.1. The average Bonchev–Trinajstić information content (AvgIpc) is 2.30. The summed E-state index contributed by atoms with van der Waals surface area (Å²) in [5.74, 6) is 1.46. The summed E-state index contributed by atoms with van der Waals surface area (Å²) in [6.45, 7) is 0.548. The van der Waals surface area contributed by atoms with Gasteiger partial charge in [-0.25, -0.2) is 0 Å². The van der Waals surface area contributed by atoms with Crippen LogP contribution in [0.5, 0.6) is 11.5 Å². The fourth-order valence-electron chi connectivity index (χ4n) is 1.49. The number of hydrogen-bond donors (Lipinski definition) is 2. The molecule has 0 aliphatic carbocycles. The summed E-state index contributed by atoms with van der Waals surface area (Å²) < 4.78 is 10.4. The van der Waals surface area contributed by atoms with Crippen molar-refractivity contribution in [3.05, 3.63) is 23.8 Å². The van der Waals surface area contributed by atoms with Crippen molar-refractivity contribution in [1.82, 2.24) is 5.32 Å². The van der Waals surface area contributed by atoms with Gasteiger partial charge in [-0.3, -0.25) is 0 Å². The third-order valence-electron chi connectivity index (χ3n) is 2.39. The van der Waals surface area contributed by atoms with Gasteiger partial charge in [-0.1, -0.05) is 6.07 Å². The van der Waals surface area contributed by atoms with Crippen molar-refractivity contribution in [3.8, 4) is 11.5 Å². The van der Waals surface area contributed by atoms with Gasteiger partial charge in [0.25, 0.3) is 0 Å². The molecule has 0 amide bonds. The fraction of sp³-hybridized carbons (Fsp3) is 0.455. The van der Waals surface area contributed by atoms with Gasteiger partial charge in [0, 0.05) is 12.6 Å². The number of nitrogens with one attached hydrogen (secondary N) is 1. The van der Waals surface area contributed by atoms with Gasteiger partial charge >= 0.3 is 0 Å². The van der Waals surface area contributed by atoms with Crippen LogP contribution in [0.1, 0.15) is 11.6 Å². The van der Waals surface area contributed by atoms with Crippen LogP contribution in [-0.2, 0) is 0 Å². The van der Waals surface area contributed by atoms with Crippen molar-refractivity contribution in [2.45, 2.75) is 6.04 Å². The van der Waals surface area contributed by atoms with Gasteiger partial charge < -0.3 is 20.5 Å². The van der Waals surface area contributed by atoms with Crippen LogP contribution in [0.3, 0.4) is 0 Å². The summed E-state index contributed by atoms with van der Waals surface area (Å²) in [4.78, 5) is 0. The summed E-state index contributed by atoms with van der Waals surface area (Å²) >= 11 is 0. The van der Waals surface area contributed by atoms with Crippen LogP contribution in [0.25, 0.3) is 0 Å². The van der Waals surface area contributed by atoms with Gasteiger partial charge in [0.2, 0.25) is 0 Å². The summed E-state index contributed by atoms with van der Waals surface area (Å²) in [7, 11) is 5.13. The average molecular weight is 210 g/mol. The van der Waals surface area contributed by atoms with Crippen LogP contribution < -0.4 is 20.5 Å². The van der Waals surface area contributed by atoms with Gasteiger partial charge in [0.05, 0.1) is 14.2 Å². The fourth-order valence-corrected chi connectivity index (χ4v) is 1.49. The standard InChI is InChI=1S/C11H18N2O2/c1-13-9(7-12)8-4-5-10(14-2)11(6-8)15-3/h4-6,9,13H,7,12H2,1-3H3. The maximum absolute atomic E-state index is 5.64. The number of hydrogen-bond acceptors (Lipinski definition) is 4. The van der Waals surface area contributed by atoms with Crippen LogP contribution >= 0.6 is 0 Å². The Bertz CT molecular complexity index is 311. The van der Waals surface area contributed by atoms with Gasteiger partial charge in [0.15, 0.2) is 11.5 Å². The molecule has 0 radical (unpaired) electrons. The van der Waals surface area contributed by atoms with Crippen molar-refractivity contribution in [2.75, 3.05) is 27.8 Å². The highest BCUT2D eigenvalue weighted by atomic mass is 16.5. The first-order chi connectivity index (χ1) is 7.26. The monoisotopic (exact) mass is 210 g/mol. The van der Waals surface area contributed by atoms with Crippen molar-refractivity contribution in [3.63, 3.8) is 0 Å². The molecule has 0 fully saturated rings. The second-order valence-corrected chi connectivity index (χ2v) is 3.19. The Morgan fingerprint density at radius 2 is 1.93 bits per heavy atom. The van der Waals surface area contributed by atoms with E-state index in [1.807, 2.05) is 25.2 Å². The Hall–Kier alpha value is -1.26. The van der Waals surface area contributed by atoms with E-state index in [0.717, 1.165) is 17.1 Å². The maximum atomic E-state index is 5.64. The van der Waals surface area contributed by atoms with E-state index in [1.165, 1.54) is 0 Å². The lowest BCUT2D eigenvalue weighted by Crippen LogP contribution is -2.24. The van der Waals surface area contributed by atoms with E-state index in [-0.39, 0.29) is 6.04 Å². The maximum Gasteiger partial charge on any atom is 0.161 e. The molecule has 1 aromatic rings. The molecule has 1 atom stereocenters. The SMILES string of the molecule is CNC(CN)c1ccc(OC)c(OC)c1. The van der Waals surface area contributed by atoms with E-state index in [0.29, 0.717) is 6.54 Å². The first-order valence-corrected chi connectivity index (χ1v) is 4.86. The second-order valence-electron chi connectivity index (χ2n) is 3.19. The third-order valence-corrected chi connectivity index (χ3v) is 2.39. The molecule has 0 aliphatic rings. The minimum atomic E-state index is 0.143. The molecule has 1 aromatic carbocycles. The first kappa shape index (κ1) is 11.8. The summed E-state index contributed by atoms with van der Waals surface area (Å²) in [6, 6.07) is 5.95. The summed E-state index contributed by atoms with van der Waals surface area (Å²) in [5, 5.41) is 3.14. The molecule has 15 heavy (non-hydrogen) atoms. The summed E-state index contributed by atoms with van der Waals surface area (Å²) in [6.07, 6.45) is 0. The molecule has 0 aromatic heterocycles. The van der Waals surface area contributed by atoms with Crippen LogP contribution in [0.2, 0.25) is 0 Å². The van der Waals surface area contributed by atoms with Crippen LogP contribution in [0.15, 0.2) is 18.2 Å². The number of ether oxygens (including phenoxy) is 2. The predicted molar refractivity (Wildman–Crippen MR) is 60.4 cm³/mol. The highest BCUT2D eigenvalue weighted by Gasteiger charge is 2.10. The molecule has 4 nitrogen and oxygen atoms in total. The van der Waals surface area contributed by atoms with Gasteiger partial charge in [-0.05, 0) is 24.7 Å². The number of nitrogens with two attached hydrogens (primary N) is 1. The van der Waals surface area contributed by atoms with E-state index < -0.39 is 0 Å². The molecule has 0 aliphatic heterocycles. The zero-order valence-corrected chi connectivity index (χ0v) is 9.41. The summed E-state index contributed by atoms with van der Waals surface area (Å²) in [5.41, 5.74) is 6.74. The molecule has 84 valence electrons. The molecule has 0 spiro atoms. The minimum absolute atomic E-state index is 0.143. The Morgan fingerprint density at radius 3 is 2.40 bits per heavy atom. The third kappa shape index (κ3) is 2.61. The van der Waals surface area contributed by atoms with Crippen molar-refractivity contribution >= 4 is 0 Å². The number of benzene rings is 1. The highest BCUT2D eigenvalue weighted by Crippen LogP contribution is 2.29. The van der Waals surface area contributed by atoms with E-state index in [9.17, 15) is 0 Å². The lowest BCUT2D eigenvalue weighted by Gasteiger charge is -2.16. The second kappa shape index (κ2) is 5.58. The molecule has 1 rings (SSSR count). The molecule has 0 saturated carbocycles. The number of rotatable bonds is 5. The Kier molecular flexibility index (Phi) is 4.39. The molecular formula is C11H18N2O2. The molecule has 0 bridgehead atoms. The number of methoxy groups -OCH3 is 2. The highest BCUT2D eigenvalue weighted by molar-refractivity contribution is 5.43. The van der Waals surface area contributed by atoms with Crippen molar-refractivity contribution < 1.29 is 9.47 Å². The Balaban J connectivity index is 3.01. The number of likely N-dealkylation sites (N-methyl/N-ethyl adjacent to an activating group) is 1. The molecular weight excluding hydrogens is 192 g/mol. The van der Waals surface area contributed by atoms with Gasteiger partial charge in [0.1, 0.15) is 0 Å². The molecule has 0 saturated heterocycles. The normalized spacial score (nSPS) is 12.3. The smallest absolute Gasteiger partial charge is 0.161 e. The minimum Gasteiger partial charge on any atom is -0.493 e. The van der Waals surface area contributed by atoms with Gasteiger partial charge in [-0.15, -0.1) is 0 Å². The lowest BCUT2D eigenvalue weighted by molar-refractivity contribution is 0.354. The van der Waals surface area contributed by atoms with E-state index in [1.54, 1.807) is 14.2 Å². The van der Waals surface area contributed by atoms with E-state index in [4.69, 9.17) is 15.2 Å². The Morgan fingerprint density at radius 1 is 1.27 bits per heavy atom. The van der Waals surface area contributed by atoms with E-state index >= 15 is 0 Å². The van der Waals surface area contributed by atoms with Gasteiger partial charge in [-0.2, -0.15) is 0 Å². The topological polar surface area (TPSA) is 56.5 Å². The van der Waals surface area contributed by atoms with Crippen LogP contribution in [-0.4, -0.2) is 27.8 Å². The zero-order valence-electron chi connectivity index (χ0n) is 9.41. The Labute approximate surface area is 90.4 Å². The predicted octanol–water partition coefficient (Wildman–Crippen LogP) is 0.923. The largest absolute Gasteiger partial charge is 0.493 e. The van der Waals surface area contributed by atoms with Crippen molar-refractivity contribution in [2.24, 2.45) is 5.73 Å². The van der Waals surface area contributed by atoms with Crippen LogP contribution in [0.4, 0.5) is 0 Å². The van der Waals surface area contributed by atoms with Crippen molar-refractivity contribution in [1.29, 1.82) is 0 Å². The van der Waals surface area contributed by atoms with E-state index in [2.05, 4.69) is 5.32 Å². The van der Waals surface area contributed by atoms with Crippen LogP contribution in [0, 0.1) is 0 Å². The molecule has 1 unspecified atom stereocenters. The molecule has 3 N–H and O–H groups in total.